The molecule has 190 valence electrons. The molecule has 0 spiro atoms. The number of rotatable bonds is 16. The summed E-state index contributed by atoms with van der Waals surface area (Å²) in [5, 5.41) is 0. The Kier molecular flexibility index (Phi) is 12.2. The van der Waals surface area contributed by atoms with Crippen molar-refractivity contribution in [3.05, 3.63) is 84.2 Å². The van der Waals surface area contributed by atoms with Gasteiger partial charge >= 0.3 is 5.97 Å². The van der Waals surface area contributed by atoms with Crippen LogP contribution in [0.25, 0.3) is 0 Å². The Morgan fingerprint density at radius 1 is 0.778 bits per heavy atom. The number of ether oxygens (including phenoxy) is 2. The summed E-state index contributed by atoms with van der Waals surface area (Å²) in [4.78, 5) is 21.1. The van der Waals surface area contributed by atoms with E-state index in [0.717, 1.165) is 23.6 Å². The highest BCUT2D eigenvalue weighted by atomic mass is 16.5. The first-order chi connectivity index (χ1) is 17.7. The first-order valence-electron chi connectivity index (χ1n) is 13.2. The molecule has 0 aliphatic carbocycles. The van der Waals surface area contributed by atoms with Gasteiger partial charge in [0.1, 0.15) is 11.5 Å². The number of aromatic nitrogens is 1. The van der Waals surface area contributed by atoms with Gasteiger partial charge in [0.05, 0.1) is 29.8 Å². The van der Waals surface area contributed by atoms with E-state index in [1.54, 1.807) is 48.8 Å². The predicted octanol–water partition coefficient (Wildman–Crippen LogP) is 8.35. The van der Waals surface area contributed by atoms with Gasteiger partial charge < -0.3 is 9.47 Å². The number of carbonyl (C=O) groups is 1. The fraction of sp³-hybridized carbons (Fsp3) is 0.387. The maximum absolute atomic E-state index is 12.5. The number of hydrogen-bond acceptors (Lipinski definition) is 5. The van der Waals surface area contributed by atoms with Crippen molar-refractivity contribution in [3.8, 4) is 11.5 Å². The van der Waals surface area contributed by atoms with Crippen LogP contribution in [0.3, 0.4) is 0 Å². The molecule has 0 unspecified atom stereocenters. The first kappa shape index (κ1) is 27.1. The SMILES string of the molecule is CCCCCCCCCCCCOc1ccc(C(=O)Oc2ccc(N=Cc3ccccn3)cc2)cc1. The minimum Gasteiger partial charge on any atom is -0.494 e. The minimum absolute atomic E-state index is 0.402. The fourth-order valence-electron chi connectivity index (χ4n) is 3.83. The number of unbranched alkanes of at least 4 members (excludes halogenated alkanes) is 9. The van der Waals surface area contributed by atoms with E-state index < -0.39 is 5.97 Å². The normalized spacial score (nSPS) is 11.0. The van der Waals surface area contributed by atoms with Crippen molar-refractivity contribution in [1.82, 2.24) is 4.98 Å². The van der Waals surface area contributed by atoms with Gasteiger partial charge in [-0.3, -0.25) is 9.98 Å². The third-order valence-corrected chi connectivity index (χ3v) is 5.94. The van der Waals surface area contributed by atoms with Crippen LogP contribution < -0.4 is 9.47 Å². The molecule has 0 N–H and O–H groups in total. The average molecular weight is 487 g/mol. The van der Waals surface area contributed by atoms with Gasteiger partial charge in [0.25, 0.3) is 0 Å². The van der Waals surface area contributed by atoms with Crippen molar-refractivity contribution < 1.29 is 14.3 Å². The highest BCUT2D eigenvalue weighted by molar-refractivity contribution is 5.91. The lowest BCUT2D eigenvalue weighted by molar-refractivity contribution is 0.0734. The smallest absolute Gasteiger partial charge is 0.343 e. The lowest BCUT2D eigenvalue weighted by atomic mass is 10.1. The molecule has 1 heterocycles. The zero-order valence-electron chi connectivity index (χ0n) is 21.4. The monoisotopic (exact) mass is 486 g/mol. The molecule has 0 bridgehead atoms. The zero-order chi connectivity index (χ0) is 25.3. The highest BCUT2D eigenvalue weighted by Gasteiger charge is 2.09. The van der Waals surface area contributed by atoms with E-state index in [1.165, 1.54) is 57.8 Å². The topological polar surface area (TPSA) is 60.8 Å². The van der Waals surface area contributed by atoms with Gasteiger partial charge in [-0.25, -0.2) is 4.79 Å². The number of aliphatic imine (C=N–C) groups is 1. The molecule has 36 heavy (non-hydrogen) atoms. The van der Waals surface area contributed by atoms with Crippen LogP contribution in [0.15, 0.2) is 77.9 Å². The molecule has 5 nitrogen and oxygen atoms in total. The number of esters is 1. The van der Waals surface area contributed by atoms with Crippen LogP contribution >= 0.6 is 0 Å². The molecule has 3 rings (SSSR count). The third kappa shape index (κ3) is 10.4. The second kappa shape index (κ2) is 16.2. The standard InChI is InChI=1S/C31H38N2O3/c1-2-3-4-5-6-7-8-9-10-13-24-35-29-19-15-26(16-20-29)31(34)36-30-21-17-27(18-22-30)33-25-28-14-11-12-23-32-28/h11-12,14-23,25H,2-10,13,24H2,1H3. The summed E-state index contributed by atoms with van der Waals surface area (Å²) < 4.78 is 11.3. The van der Waals surface area contributed by atoms with Crippen LogP contribution in [-0.4, -0.2) is 23.8 Å². The molecule has 2 aromatic carbocycles. The number of nitrogens with zero attached hydrogens (tertiary/aromatic N) is 2. The number of pyridine rings is 1. The van der Waals surface area contributed by atoms with Gasteiger partial charge in [-0.2, -0.15) is 0 Å². The van der Waals surface area contributed by atoms with Crippen LogP contribution in [0.5, 0.6) is 11.5 Å². The van der Waals surface area contributed by atoms with Crippen molar-refractivity contribution in [2.24, 2.45) is 4.99 Å². The summed E-state index contributed by atoms with van der Waals surface area (Å²) in [7, 11) is 0. The Balaban J connectivity index is 1.32. The van der Waals surface area contributed by atoms with E-state index in [1.807, 2.05) is 30.3 Å². The second-order valence-electron chi connectivity index (χ2n) is 8.95. The molecule has 0 atom stereocenters. The van der Waals surface area contributed by atoms with E-state index in [9.17, 15) is 4.79 Å². The molecule has 0 fully saturated rings. The lowest BCUT2D eigenvalue weighted by Crippen LogP contribution is -2.08. The van der Waals surface area contributed by atoms with E-state index in [-0.39, 0.29) is 0 Å². The van der Waals surface area contributed by atoms with Crippen molar-refractivity contribution in [2.75, 3.05) is 6.61 Å². The summed E-state index contributed by atoms with van der Waals surface area (Å²) >= 11 is 0. The van der Waals surface area contributed by atoms with Crippen LogP contribution in [0, 0.1) is 0 Å². The largest absolute Gasteiger partial charge is 0.494 e. The van der Waals surface area contributed by atoms with E-state index in [4.69, 9.17) is 9.47 Å². The van der Waals surface area contributed by atoms with Gasteiger partial charge in [0.15, 0.2) is 0 Å². The van der Waals surface area contributed by atoms with Crippen LogP contribution in [0.2, 0.25) is 0 Å². The Morgan fingerprint density at radius 2 is 1.42 bits per heavy atom. The molecule has 5 heteroatoms. The Labute approximate surface area is 215 Å². The van der Waals surface area contributed by atoms with Gasteiger partial charge in [-0.05, 0) is 67.1 Å². The van der Waals surface area contributed by atoms with Gasteiger partial charge in [0.2, 0.25) is 0 Å². The summed E-state index contributed by atoms with van der Waals surface area (Å²) in [5.41, 5.74) is 2.02. The molecular formula is C31H38N2O3. The molecule has 3 aromatic rings. The second-order valence-corrected chi connectivity index (χ2v) is 8.95. The quantitative estimate of drug-likeness (QED) is 0.0883. The van der Waals surface area contributed by atoms with Crippen molar-refractivity contribution in [1.29, 1.82) is 0 Å². The molecular weight excluding hydrogens is 448 g/mol. The van der Waals surface area contributed by atoms with Gasteiger partial charge in [-0.15, -0.1) is 0 Å². The number of benzene rings is 2. The summed E-state index contributed by atoms with van der Waals surface area (Å²) in [6, 6.07) is 19.8. The fourth-order valence-corrected chi connectivity index (χ4v) is 3.83. The highest BCUT2D eigenvalue weighted by Crippen LogP contribution is 2.20. The summed E-state index contributed by atoms with van der Waals surface area (Å²) in [6.45, 7) is 2.96. The van der Waals surface area contributed by atoms with E-state index >= 15 is 0 Å². The maximum atomic E-state index is 12.5. The zero-order valence-corrected chi connectivity index (χ0v) is 21.4. The Bertz CT molecular complexity index is 1030. The molecule has 1 aromatic heterocycles. The maximum Gasteiger partial charge on any atom is 0.343 e. The molecule has 0 saturated heterocycles. The predicted molar refractivity (Wildman–Crippen MR) is 147 cm³/mol. The first-order valence-corrected chi connectivity index (χ1v) is 13.2. The molecule has 0 aliphatic heterocycles. The van der Waals surface area contributed by atoms with Gasteiger partial charge in [-0.1, -0.05) is 70.8 Å². The Morgan fingerprint density at radius 3 is 2.06 bits per heavy atom. The van der Waals surface area contributed by atoms with Gasteiger partial charge in [0, 0.05) is 6.20 Å². The van der Waals surface area contributed by atoms with Crippen LogP contribution in [-0.2, 0) is 0 Å². The number of hydrogen-bond donors (Lipinski definition) is 0. The average Bonchev–Trinajstić information content (AvgIpc) is 2.92. The summed E-state index contributed by atoms with van der Waals surface area (Å²) in [6.07, 6.45) is 16.5. The van der Waals surface area contributed by atoms with Crippen molar-refractivity contribution >= 4 is 17.9 Å². The molecule has 0 amide bonds. The number of carbonyl (C=O) groups excluding carboxylic acids is 1. The molecule has 0 aliphatic rings. The molecule has 0 saturated carbocycles. The van der Waals surface area contributed by atoms with E-state index in [0.29, 0.717) is 17.9 Å². The van der Waals surface area contributed by atoms with Crippen LogP contribution in [0.4, 0.5) is 5.69 Å². The lowest BCUT2D eigenvalue weighted by Gasteiger charge is -2.08. The van der Waals surface area contributed by atoms with Crippen LogP contribution in [0.1, 0.15) is 87.2 Å². The third-order valence-electron chi connectivity index (χ3n) is 5.94. The van der Waals surface area contributed by atoms with Crippen molar-refractivity contribution in [2.45, 2.75) is 71.1 Å². The Hall–Kier alpha value is -3.47. The van der Waals surface area contributed by atoms with Crippen molar-refractivity contribution in [3.63, 3.8) is 0 Å². The molecule has 0 radical (unpaired) electrons. The minimum atomic E-state index is -0.402. The van der Waals surface area contributed by atoms with E-state index in [2.05, 4.69) is 16.9 Å². The summed E-state index contributed by atoms with van der Waals surface area (Å²) in [5.74, 6) is 0.844.